The molecule has 2 aromatic carbocycles. The van der Waals surface area contributed by atoms with Crippen molar-refractivity contribution in [2.45, 2.75) is 46.3 Å². The zero-order valence-electron chi connectivity index (χ0n) is 23.3. The molecule has 0 saturated carbocycles. The van der Waals surface area contributed by atoms with Gasteiger partial charge >= 0.3 is 11.9 Å². The highest BCUT2D eigenvalue weighted by Crippen LogP contribution is 2.46. The number of rotatable bonds is 8. The second kappa shape index (κ2) is 11.2. The number of ether oxygens (including phenoxy) is 4. The number of fused-ring (bicyclic) bond motifs is 1. The quantitative estimate of drug-likeness (QED) is 0.170. The third kappa shape index (κ3) is 5.01. The lowest BCUT2D eigenvalue weighted by Crippen LogP contribution is -2.29. The average Bonchev–Trinajstić information content (AvgIpc) is 3.60. The lowest BCUT2D eigenvalue weighted by atomic mass is 9.94. The van der Waals surface area contributed by atoms with E-state index in [1.807, 2.05) is 20.8 Å². The third-order valence-corrected chi connectivity index (χ3v) is 8.00. The zero-order valence-corrected chi connectivity index (χ0v) is 24.2. The van der Waals surface area contributed by atoms with Gasteiger partial charge in [-0.1, -0.05) is 17.4 Å². The molecule has 41 heavy (non-hydrogen) atoms. The Hall–Kier alpha value is -4.38. The van der Waals surface area contributed by atoms with E-state index < -0.39 is 23.7 Å². The molecule has 0 bridgehead atoms. The first kappa shape index (κ1) is 28.2. The summed E-state index contributed by atoms with van der Waals surface area (Å²) in [6.45, 7) is 8.02. The number of thiazole rings is 1. The van der Waals surface area contributed by atoms with Gasteiger partial charge in [-0.05, 0) is 69.2 Å². The fourth-order valence-electron chi connectivity index (χ4n) is 5.08. The second-order valence-corrected chi connectivity index (χ2v) is 10.6. The molecule has 11 heteroatoms. The highest BCUT2D eigenvalue weighted by atomic mass is 32.1. The molecule has 5 rings (SSSR count). The molecule has 0 aliphatic carbocycles. The minimum atomic E-state index is -1.07. The highest BCUT2D eigenvalue weighted by molar-refractivity contribution is 7.17. The van der Waals surface area contributed by atoms with Crippen LogP contribution >= 0.6 is 11.3 Å². The van der Waals surface area contributed by atoms with Crippen LogP contribution in [0.25, 0.3) is 5.76 Å². The molecule has 3 heterocycles. The summed E-state index contributed by atoms with van der Waals surface area (Å²) >= 11 is 0.936. The van der Waals surface area contributed by atoms with Crippen LogP contribution in [0.15, 0.2) is 42.0 Å². The number of anilines is 1. The van der Waals surface area contributed by atoms with E-state index in [9.17, 15) is 19.5 Å². The molecule has 1 amide bonds. The summed E-state index contributed by atoms with van der Waals surface area (Å²) < 4.78 is 22.2. The van der Waals surface area contributed by atoms with Gasteiger partial charge in [-0.15, -0.1) is 0 Å². The molecule has 1 fully saturated rings. The molecular weight excluding hydrogens is 548 g/mol. The van der Waals surface area contributed by atoms with Gasteiger partial charge in [0.25, 0.3) is 5.78 Å². The Labute approximate surface area is 241 Å². The Morgan fingerprint density at radius 1 is 1.12 bits per heavy atom. The SMILES string of the molecule is CCOc1ccc([C@H]2C(=C(O)c3ccc4c(c3)C[C@H](C)O4)C(=O)C(=O)N2c2nc(C)c(C(=O)OC)s2)cc1OCC. The zero-order chi connectivity index (χ0) is 29.4. The van der Waals surface area contributed by atoms with E-state index >= 15 is 0 Å². The smallest absolute Gasteiger partial charge is 0.350 e. The van der Waals surface area contributed by atoms with Crippen LogP contribution in [0.3, 0.4) is 0 Å². The fourth-order valence-corrected chi connectivity index (χ4v) is 6.09. The number of hydrogen-bond acceptors (Lipinski definition) is 10. The maximum absolute atomic E-state index is 13.6. The molecule has 3 aromatic rings. The van der Waals surface area contributed by atoms with Crippen LogP contribution in [0.5, 0.6) is 17.2 Å². The molecule has 0 unspecified atom stereocenters. The standard InChI is InChI=1S/C30H30N2O8S/c1-6-38-21-11-8-17(14-22(21)39-7-2)24-23(25(33)18-9-10-20-19(13-18)12-15(3)40-20)26(34)28(35)32(24)30-31-16(4)27(41-30)29(36)37-5/h8-11,13-15,24,33H,6-7,12H2,1-5H3/t15-,24-/m0/s1. The maximum atomic E-state index is 13.6. The molecular formula is C30H30N2O8S. The number of aromatic nitrogens is 1. The fraction of sp³-hybridized carbons (Fsp3) is 0.333. The van der Waals surface area contributed by atoms with Gasteiger partial charge in [-0.2, -0.15) is 0 Å². The monoisotopic (exact) mass is 578 g/mol. The number of carbonyl (C=O) groups is 3. The largest absolute Gasteiger partial charge is 0.507 e. The van der Waals surface area contributed by atoms with Gasteiger partial charge in [0.15, 0.2) is 16.6 Å². The van der Waals surface area contributed by atoms with Crippen molar-refractivity contribution >= 4 is 39.9 Å². The Kier molecular flexibility index (Phi) is 7.72. The van der Waals surface area contributed by atoms with Crippen LogP contribution in [0, 0.1) is 6.92 Å². The highest BCUT2D eigenvalue weighted by Gasteiger charge is 2.48. The Balaban J connectivity index is 1.71. The van der Waals surface area contributed by atoms with Crippen molar-refractivity contribution in [3.05, 3.63) is 69.2 Å². The molecule has 214 valence electrons. The van der Waals surface area contributed by atoms with Crippen molar-refractivity contribution in [1.82, 2.24) is 4.98 Å². The van der Waals surface area contributed by atoms with Crippen LogP contribution < -0.4 is 19.1 Å². The molecule has 1 aromatic heterocycles. The average molecular weight is 579 g/mol. The van der Waals surface area contributed by atoms with Gasteiger partial charge in [0, 0.05) is 12.0 Å². The van der Waals surface area contributed by atoms with Crippen LogP contribution in [0.4, 0.5) is 5.13 Å². The number of Topliss-reactive ketones (excluding diaryl/α,β-unsaturated/α-hetero) is 1. The molecule has 2 atom stereocenters. The molecule has 0 spiro atoms. The van der Waals surface area contributed by atoms with Gasteiger partial charge in [0.2, 0.25) is 0 Å². The summed E-state index contributed by atoms with van der Waals surface area (Å²) in [6, 6.07) is 9.20. The van der Waals surface area contributed by atoms with Crippen molar-refractivity contribution < 1.29 is 38.4 Å². The van der Waals surface area contributed by atoms with Crippen LogP contribution in [0.1, 0.15) is 58.9 Å². The number of esters is 1. The van der Waals surface area contributed by atoms with Crippen molar-refractivity contribution in [1.29, 1.82) is 0 Å². The van der Waals surface area contributed by atoms with Gasteiger partial charge in [0.05, 0.1) is 37.6 Å². The molecule has 2 aliphatic rings. The summed E-state index contributed by atoms with van der Waals surface area (Å²) in [7, 11) is 1.25. The van der Waals surface area contributed by atoms with Gasteiger partial charge in [-0.3, -0.25) is 14.5 Å². The van der Waals surface area contributed by atoms with Crippen LogP contribution in [-0.2, 0) is 20.7 Å². The minimum absolute atomic E-state index is 0.00836. The number of amides is 1. The summed E-state index contributed by atoms with van der Waals surface area (Å²) in [5.41, 5.74) is 2.01. The van der Waals surface area contributed by atoms with E-state index in [0.717, 1.165) is 16.9 Å². The van der Waals surface area contributed by atoms with Crippen LogP contribution in [0.2, 0.25) is 0 Å². The molecule has 0 radical (unpaired) electrons. The normalized spacial score (nSPS) is 19.2. The number of aliphatic hydroxyl groups excluding tert-OH is 1. The number of ketones is 1. The first-order chi connectivity index (χ1) is 19.7. The first-order valence-corrected chi connectivity index (χ1v) is 14.1. The molecule has 2 aliphatic heterocycles. The first-order valence-electron chi connectivity index (χ1n) is 13.2. The van der Waals surface area contributed by atoms with Crippen molar-refractivity contribution in [2.75, 3.05) is 25.2 Å². The number of methoxy groups -OCH3 is 1. The Morgan fingerprint density at radius 3 is 2.56 bits per heavy atom. The predicted octanol–water partition coefficient (Wildman–Crippen LogP) is 4.99. The van der Waals surface area contributed by atoms with Gasteiger partial charge < -0.3 is 24.1 Å². The number of aliphatic hydroxyl groups is 1. The molecule has 10 nitrogen and oxygen atoms in total. The number of nitrogens with zero attached hydrogens (tertiary/aromatic N) is 2. The minimum Gasteiger partial charge on any atom is -0.507 e. The number of aryl methyl sites for hydroxylation is 1. The van der Waals surface area contributed by atoms with E-state index in [1.54, 1.807) is 43.3 Å². The Morgan fingerprint density at radius 2 is 1.85 bits per heavy atom. The van der Waals surface area contributed by atoms with E-state index in [-0.39, 0.29) is 27.4 Å². The van der Waals surface area contributed by atoms with Crippen molar-refractivity contribution in [3.63, 3.8) is 0 Å². The number of hydrogen-bond donors (Lipinski definition) is 1. The van der Waals surface area contributed by atoms with Crippen molar-refractivity contribution in [3.8, 4) is 17.2 Å². The van der Waals surface area contributed by atoms with E-state index in [0.29, 0.717) is 53.7 Å². The second-order valence-electron chi connectivity index (χ2n) is 9.60. The third-order valence-electron chi connectivity index (χ3n) is 6.86. The topological polar surface area (TPSA) is 124 Å². The number of benzene rings is 2. The molecule has 1 saturated heterocycles. The Bertz CT molecular complexity index is 1580. The lowest BCUT2D eigenvalue weighted by molar-refractivity contribution is -0.132. The summed E-state index contributed by atoms with van der Waals surface area (Å²) in [4.78, 5) is 45.4. The van der Waals surface area contributed by atoms with E-state index in [2.05, 4.69) is 4.98 Å². The van der Waals surface area contributed by atoms with Gasteiger partial charge in [-0.25, -0.2) is 9.78 Å². The van der Waals surface area contributed by atoms with Gasteiger partial charge in [0.1, 0.15) is 22.5 Å². The van der Waals surface area contributed by atoms with E-state index in [4.69, 9.17) is 18.9 Å². The molecule has 1 N–H and O–H groups in total. The summed E-state index contributed by atoms with van der Waals surface area (Å²) in [5.74, 6) is -1.05. The summed E-state index contributed by atoms with van der Waals surface area (Å²) in [5, 5.41) is 11.7. The van der Waals surface area contributed by atoms with Crippen LogP contribution in [-0.4, -0.2) is 54.2 Å². The maximum Gasteiger partial charge on any atom is 0.350 e. The van der Waals surface area contributed by atoms with Crippen molar-refractivity contribution in [2.24, 2.45) is 0 Å². The summed E-state index contributed by atoms with van der Waals surface area (Å²) in [6.07, 6.45) is 0.644. The van der Waals surface area contributed by atoms with E-state index in [1.165, 1.54) is 12.0 Å². The number of carbonyl (C=O) groups excluding carboxylic acids is 3. The lowest BCUT2D eigenvalue weighted by Gasteiger charge is -2.24. The predicted molar refractivity (Wildman–Crippen MR) is 152 cm³/mol.